The molecule has 19 heavy (non-hydrogen) atoms. The molecule has 2 fully saturated rings. The van der Waals surface area contributed by atoms with Crippen molar-refractivity contribution < 1.29 is 4.79 Å². The molecule has 0 atom stereocenters. The zero-order valence-electron chi connectivity index (χ0n) is 12.1. The molecule has 1 saturated carbocycles. The summed E-state index contributed by atoms with van der Waals surface area (Å²) < 4.78 is 0. The van der Waals surface area contributed by atoms with Crippen molar-refractivity contribution in [2.75, 3.05) is 26.2 Å². The minimum atomic E-state index is -0.216. The van der Waals surface area contributed by atoms with Crippen LogP contribution in [0.25, 0.3) is 0 Å². The number of likely N-dealkylation sites (tertiary alicyclic amines) is 1. The highest BCUT2D eigenvalue weighted by molar-refractivity contribution is 5.77. The lowest BCUT2D eigenvalue weighted by molar-refractivity contribution is -0.122. The molecule has 1 aliphatic carbocycles. The first kappa shape index (κ1) is 14.8. The smallest absolute Gasteiger partial charge is 0.221 e. The molecule has 4 heteroatoms. The van der Waals surface area contributed by atoms with Crippen molar-refractivity contribution in [1.29, 1.82) is 0 Å². The number of hydrogen-bond donors (Lipinski definition) is 2. The molecule has 2 rings (SSSR count). The van der Waals surface area contributed by atoms with Gasteiger partial charge in [0.05, 0.1) is 0 Å². The SMILES string of the molecule is NC1(CC(=O)NCCN2CCCCCC2)CCCC1. The molecule has 0 spiro atoms. The fourth-order valence-corrected chi connectivity index (χ4v) is 3.35. The van der Waals surface area contributed by atoms with Crippen LogP contribution in [0, 0.1) is 0 Å². The Morgan fingerprint density at radius 2 is 1.68 bits per heavy atom. The highest BCUT2D eigenvalue weighted by Crippen LogP contribution is 2.29. The first-order valence-corrected chi connectivity index (χ1v) is 7.96. The Labute approximate surface area is 117 Å². The standard InChI is InChI=1S/C15H29N3O/c16-15(7-3-4-8-15)13-14(19)17-9-12-18-10-5-1-2-6-11-18/h1-13,16H2,(H,17,19). The van der Waals surface area contributed by atoms with Gasteiger partial charge in [0.2, 0.25) is 5.91 Å². The molecule has 4 nitrogen and oxygen atoms in total. The van der Waals surface area contributed by atoms with Gasteiger partial charge in [-0.05, 0) is 38.8 Å². The Morgan fingerprint density at radius 1 is 1.05 bits per heavy atom. The fourth-order valence-electron chi connectivity index (χ4n) is 3.35. The third-order valence-corrected chi connectivity index (χ3v) is 4.56. The van der Waals surface area contributed by atoms with Gasteiger partial charge in [-0.1, -0.05) is 25.7 Å². The summed E-state index contributed by atoms with van der Waals surface area (Å²) in [7, 11) is 0. The third kappa shape index (κ3) is 5.11. The molecule has 3 N–H and O–H groups in total. The summed E-state index contributed by atoms with van der Waals surface area (Å²) in [5.41, 5.74) is 6.01. The number of carbonyl (C=O) groups excluding carboxylic acids is 1. The lowest BCUT2D eigenvalue weighted by Crippen LogP contribution is -2.43. The maximum absolute atomic E-state index is 11.9. The lowest BCUT2D eigenvalue weighted by Gasteiger charge is -2.23. The second-order valence-corrected chi connectivity index (χ2v) is 6.35. The monoisotopic (exact) mass is 267 g/mol. The summed E-state index contributed by atoms with van der Waals surface area (Å²) >= 11 is 0. The predicted octanol–water partition coefficient (Wildman–Crippen LogP) is 1.64. The van der Waals surface area contributed by atoms with E-state index in [9.17, 15) is 4.79 Å². The Balaban J connectivity index is 1.60. The number of nitrogens with one attached hydrogen (secondary N) is 1. The molecule has 1 amide bonds. The Morgan fingerprint density at radius 3 is 2.32 bits per heavy atom. The molecule has 0 aromatic carbocycles. The summed E-state index contributed by atoms with van der Waals surface area (Å²) in [5.74, 6) is 0.138. The average Bonchev–Trinajstić information content (AvgIpc) is 2.64. The van der Waals surface area contributed by atoms with Crippen molar-refractivity contribution in [2.45, 2.75) is 63.3 Å². The van der Waals surface area contributed by atoms with E-state index in [2.05, 4.69) is 10.2 Å². The van der Waals surface area contributed by atoms with Crippen molar-refractivity contribution in [2.24, 2.45) is 5.73 Å². The molecule has 0 bridgehead atoms. The Hall–Kier alpha value is -0.610. The highest BCUT2D eigenvalue weighted by Gasteiger charge is 2.31. The van der Waals surface area contributed by atoms with Gasteiger partial charge >= 0.3 is 0 Å². The largest absolute Gasteiger partial charge is 0.355 e. The zero-order chi connectivity index (χ0) is 13.6. The van der Waals surface area contributed by atoms with Gasteiger partial charge in [-0.3, -0.25) is 4.79 Å². The van der Waals surface area contributed by atoms with E-state index in [0.29, 0.717) is 6.42 Å². The molecule has 1 heterocycles. The molecule has 0 aromatic heterocycles. The van der Waals surface area contributed by atoms with Gasteiger partial charge in [-0.25, -0.2) is 0 Å². The summed E-state index contributed by atoms with van der Waals surface area (Å²) in [6.45, 7) is 4.14. The maximum Gasteiger partial charge on any atom is 0.221 e. The summed E-state index contributed by atoms with van der Waals surface area (Å²) in [4.78, 5) is 14.4. The van der Waals surface area contributed by atoms with Crippen molar-refractivity contribution >= 4 is 5.91 Å². The average molecular weight is 267 g/mol. The third-order valence-electron chi connectivity index (χ3n) is 4.56. The second kappa shape index (κ2) is 7.25. The molecule has 110 valence electrons. The summed E-state index contributed by atoms with van der Waals surface area (Å²) in [5, 5.41) is 3.04. The van der Waals surface area contributed by atoms with Crippen LogP contribution in [0.3, 0.4) is 0 Å². The van der Waals surface area contributed by atoms with Crippen LogP contribution in [0.2, 0.25) is 0 Å². The van der Waals surface area contributed by atoms with Crippen molar-refractivity contribution in [3.8, 4) is 0 Å². The Bertz CT molecular complexity index is 279. The van der Waals surface area contributed by atoms with Crippen LogP contribution < -0.4 is 11.1 Å². The zero-order valence-corrected chi connectivity index (χ0v) is 12.1. The molecule has 2 aliphatic rings. The van der Waals surface area contributed by atoms with E-state index in [-0.39, 0.29) is 11.4 Å². The van der Waals surface area contributed by atoms with E-state index in [1.807, 2.05) is 0 Å². The van der Waals surface area contributed by atoms with E-state index in [0.717, 1.165) is 25.9 Å². The minimum Gasteiger partial charge on any atom is -0.355 e. The van der Waals surface area contributed by atoms with Gasteiger partial charge in [0, 0.05) is 25.0 Å². The van der Waals surface area contributed by atoms with Crippen molar-refractivity contribution in [3.05, 3.63) is 0 Å². The van der Waals surface area contributed by atoms with Crippen LogP contribution in [-0.4, -0.2) is 42.5 Å². The van der Waals surface area contributed by atoms with Gasteiger partial charge in [-0.2, -0.15) is 0 Å². The van der Waals surface area contributed by atoms with Crippen molar-refractivity contribution in [1.82, 2.24) is 10.2 Å². The van der Waals surface area contributed by atoms with Crippen molar-refractivity contribution in [3.63, 3.8) is 0 Å². The van der Waals surface area contributed by atoms with E-state index in [1.54, 1.807) is 0 Å². The van der Waals surface area contributed by atoms with E-state index >= 15 is 0 Å². The summed E-state index contributed by atoms with van der Waals surface area (Å²) in [6, 6.07) is 0. The second-order valence-electron chi connectivity index (χ2n) is 6.35. The molecule has 0 aromatic rings. The minimum absolute atomic E-state index is 0.138. The normalized spacial score (nSPS) is 24.1. The molecular formula is C15H29N3O. The summed E-state index contributed by atoms with van der Waals surface area (Å²) in [6.07, 6.45) is 10.2. The van der Waals surface area contributed by atoms with Gasteiger partial charge in [0.25, 0.3) is 0 Å². The maximum atomic E-state index is 11.9. The molecule has 1 aliphatic heterocycles. The molecule has 0 unspecified atom stereocenters. The quantitative estimate of drug-likeness (QED) is 0.796. The van der Waals surface area contributed by atoms with Crippen LogP contribution in [0.1, 0.15) is 57.8 Å². The predicted molar refractivity (Wildman–Crippen MR) is 77.9 cm³/mol. The number of rotatable bonds is 5. The number of amides is 1. The number of carbonyl (C=O) groups is 1. The van der Waals surface area contributed by atoms with Gasteiger partial charge in [-0.15, -0.1) is 0 Å². The topological polar surface area (TPSA) is 58.4 Å². The molecule has 1 saturated heterocycles. The fraction of sp³-hybridized carbons (Fsp3) is 0.933. The number of nitrogens with two attached hydrogens (primary N) is 1. The number of hydrogen-bond acceptors (Lipinski definition) is 3. The first-order valence-electron chi connectivity index (χ1n) is 7.96. The van der Waals surface area contributed by atoms with Gasteiger partial charge < -0.3 is 16.0 Å². The highest BCUT2D eigenvalue weighted by atomic mass is 16.1. The van der Waals surface area contributed by atoms with Crippen LogP contribution in [-0.2, 0) is 4.79 Å². The van der Waals surface area contributed by atoms with Crippen LogP contribution in [0.5, 0.6) is 0 Å². The molecular weight excluding hydrogens is 238 g/mol. The first-order chi connectivity index (χ1) is 9.18. The lowest BCUT2D eigenvalue weighted by atomic mass is 9.94. The van der Waals surface area contributed by atoms with E-state index in [1.165, 1.54) is 51.6 Å². The van der Waals surface area contributed by atoms with E-state index < -0.39 is 0 Å². The molecule has 0 radical (unpaired) electrons. The van der Waals surface area contributed by atoms with Gasteiger partial charge in [0.1, 0.15) is 0 Å². The van der Waals surface area contributed by atoms with Crippen LogP contribution in [0.15, 0.2) is 0 Å². The van der Waals surface area contributed by atoms with E-state index in [4.69, 9.17) is 5.73 Å². The number of nitrogens with zero attached hydrogens (tertiary/aromatic N) is 1. The van der Waals surface area contributed by atoms with Crippen LogP contribution >= 0.6 is 0 Å². The van der Waals surface area contributed by atoms with Gasteiger partial charge in [0.15, 0.2) is 0 Å². The van der Waals surface area contributed by atoms with Crippen LogP contribution in [0.4, 0.5) is 0 Å². The Kier molecular flexibility index (Phi) is 5.64.